The summed E-state index contributed by atoms with van der Waals surface area (Å²) in [6, 6.07) is 0. The molecule has 0 radical (unpaired) electrons. The molecule has 0 atom stereocenters. The molecule has 0 amide bonds. The van der Waals surface area contributed by atoms with E-state index in [1.165, 1.54) is 0 Å². The Kier molecular flexibility index (Phi) is 1.46. The number of nitrogens with zero attached hydrogens (tertiary/aromatic N) is 1. The third-order valence-electron chi connectivity index (χ3n) is 0.875. The zero-order valence-electron chi connectivity index (χ0n) is 4.77. The van der Waals surface area contributed by atoms with E-state index in [1.54, 1.807) is 0 Å². The fourth-order valence-electron chi connectivity index (χ4n) is 0.451. The molecule has 0 aliphatic carbocycles. The predicted octanol–water partition coefficient (Wildman–Crippen LogP) is -0.678. The number of carboxylic acid groups (broad SMARTS) is 1. The number of nitrogens with two attached hydrogens (primary N) is 1. The van der Waals surface area contributed by atoms with Gasteiger partial charge in [-0.15, -0.1) is 0 Å². The van der Waals surface area contributed by atoms with Gasteiger partial charge in [0, 0.05) is 0 Å². The highest BCUT2D eigenvalue weighted by Crippen LogP contribution is 1.99. The summed E-state index contributed by atoms with van der Waals surface area (Å²) < 4.78 is 0.744. The van der Waals surface area contributed by atoms with Gasteiger partial charge in [0.25, 0.3) is 0 Å². The molecule has 0 saturated carbocycles. The van der Waals surface area contributed by atoms with Gasteiger partial charge in [0.15, 0.2) is 0 Å². The summed E-state index contributed by atoms with van der Waals surface area (Å²) in [6.45, 7) is 0. The number of thiazole rings is 1. The lowest BCUT2D eigenvalue weighted by atomic mass is 10.6. The van der Waals surface area contributed by atoms with E-state index in [-0.39, 0.29) is 4.88 Å². The Morgan fingerprint density at radius 2 is 2.40 bits per heavy atom. The van der Waals surface area contributed by atoms with E-state index in [0.717, 1.165) is 10.9 Å². The molecule has 3 N–H and O–H groups in total. The smallest absolute Gasteiger partial charge is 0.347 e. The number of carbonyl (C=O) groups is 1. The minimum Gasteiger partial charge on any atom is -0.477 e. The molecule has 1 aromatic heterocycles. The van der Waals surface area contributed by atoms with Gasteiger partial charge in [-0.25, -0.2) is 9.47 Å². The standard InChI is InChI=1S/C4H4N2O3S/c5-6-1-2(3(7)8)10-4(6)9/h1H,5H2,(H,7,8). The maximum atomic E-state index is 10.5. The molecule has 0 aromatic carbocycles. The van der Waals surface area contributed by atoms with Crippen LogP contribution < -0.4 is 10.7 Å². The second-order valence-electron chi connectivity index (χ2n) is 1.57. The van der Waals surface area contributed by atoms with Gasteiger partial charge in [-0.2, -0.15) is 0 Å². The summed E-state index contributed by atoms with van der Waals surface area (Å²) in [5, 5.41) is 8.33. The number of rotatable bonds is 1. The van der Waals surface area contributed by atoms with Crippen molar-refractivity contribution >= 4 is 17.3 Å². The van der Waals surface area contributed by atoms with E-state index in [4.69, 9.17) is 10.9 Å². The molecule has 6 heteroatoms. The Hall–Kier alpha value is -1.30. The first-order chi connectivity index (χ1) is 4.61. The third kappa shape index (κ3) is 1.01. The lowest BCUT2D eigenvalue weighted by Gasteiger charge is -1.81. The van der Waals surface area contributed by atoms with Crippen molar-refractivity contribution in [1.29, 1.82) is 0 Å². The van der Waals surface area contributed by atoms with Crippen LogP contribution in [-0.2, 0) is 0 Å². The quantitative estimate of drug-likeness (QED) is 0.533. The summed E-state index contributed by atoms with van der Waals surface area (Å²) in [5.74, 6) is 3.90. The van der Waals surface area contributed by atoms with Crippen molar-refractivity contribution in [3.63, 3.8) is 0 Å². The monoisotopic (exact) mass is 160 g/mol. The Bertz CT molecular complexity index is 313. The van der Waals surface area contributed by atoms with Crippen LogP contribution >= 0.6 is 11.3 Å². The van der Waals surface area contributed by atoms with Crippen LogP contribution in [0.15, 0.2) is 11.0 Å². The molecule has 0 aliphatic heterocycles. The maximum Gasteiger partial charge on any atom is 0.347 e. The zero-order chi connectivity index (χ0) is 7.72. The lowest BCUT2D eigenvalue weighted by molar-refractivity contribution is 0.0701. The van der Waals surface area contributed by atoms with Gasteiger partial charge in [0.05, 0.1) is 6.20 Å². The Labute approximate surface area is 59.3 Å². The molecule has 0 saturated heterocycles. The third-order valence-corrected chi connectivity index (χ3v) is 1.76. The summed E-state index contributed by atoms with van der Waals surface area (Å²) >= 11 is 0.605. The minimum absolute atomic E-state index is 0.0486. The highest BCUT2D eigenvalue weighted by atomic mass is 32.1. The van der Waals surface area contributed by atoms with Crippen molar-refractivity contribution < 1.29 is 9.90 Å². The van der Waals surface area contributed by atoms with E-state index in [9.17, 15) is 9.59 Å². The van der Waals surface area contributed by atoms with Crippen molar-refractivity contribution in [1.82, 2.24) is 4.68 Å². The summed E-state index contributed by atoms with van der Waals surface area (Å²) in [5.41, 5.74) is 0. The van der Waals surface area contributed by atoms with E-state index < -0.39 is 10.8 Å². The van der Waals surface area contributed by atoms with E-state index in [0.29, 0.717) is 11.3 Å². The maximum absolute atomic E-state index is 10.5. The van der Waals surface area contributed by atoms with Crippen molar-refractivity contribution in [3.8, 4) is 0 Å². The van der Waals surface area contributed by atoms with Crippen LogP contribution in [0.1, 0.15) is 9.67 Å². The van der Waals surface area contributed by atoms with E-state index >= 15 is 0 Å². The first kappa shape index (κ1) is 6.81. The fourth-order valence-corrected chi connectivity index (χ4v) is 1.05. The van der Waals surface area contributed by atoms with Crippen molar-refractivity contribution in [3.05, 3.63) is 20.7 Å². The number of nitrogen functional groups attached to an aromatic ring is 1. The molecule has 0 fully saturated rings. The van der Waals surface area contributed by atoms with Crippen LogP contribution in [0.3, 0.4) is 0 Å². The molecule has 0 bridgehead atoms. The van der Waals surface area contributed by atoms with Crippen LogP contribution in [0.5, 0.6) is 0 Å². The molecule has 1 aromatic rings. The van der Waals surface area contributed by atoms with Crippen molar-refractivity contribution in [2.24, 2.45) is 0 Å². The SMILES string of the molecule is Nn1cc(C(=O)O)sc1=O. The highest BCUT2D eigenvalue weighted by Gasteiger charge is 2.07. The molecule has 54 valence electrons. The number of carboxylic acids is 1. The van der Waals surface area contributed by atoms with Gasteiger partial charge in [0.1, 0.15) is 4.88 Å². The van der Waals surface area contributed by atoms with Crippen LogP contribution in [0, 0.1) is 0 Å². The van der Waals surface area contributed by atoms with Gasteiger partial charge in [-0.3, -0.25) is 4.79 Å². The number of aromatic carboxylic acids is 1. The first-order valence-electron chi connectivity index (χ1n) is 2.32. The summed E-state index contributed by atoms with van der Waals surface area (Å²) in [4.78, 5) is 20.2. The van der Waals surface area contributed by atoms with Gasteiger partial charge < -0.3 is 10.9 Å². The van der Waals surface area contributed by atoms with Gasteiger partial charge in [-0.1, -0.05) is 11.3 Å². The Morgan fingerprint density at radius 1 is 1.80 bits per heavy atom. The minimum atomic E-state index is -1.13. The molecule has 0 unspecified atom stereocenters. The van der Waals surface area contributed by atoms with Gasteiger partial charge >= 0.3 is 10.8 Å². The second-order valence-corrected chi connectivity index (χ2v) is 2.57. The van der Waals surface area contributed by atoms with Crippen LogP contribution in [0.25, 0.3) is 0 Å². The largest absolute Gasteiger partial charge is 0.477 e. The second kappa shape index (κ2) is 2.14. The van der Waals surface area contributed by atoms with Crippen LogP contribution in [-0.4, -0.2) is 15.8 Å². The van der Waals surface area contributed by atoms with Crippen molar-refractivity contribution in [2.45, 2.75) is 0 Å². The highest BCUT2D eigenvalue weighted by molar-refractivity contribution is 7.11. The molecular weight excluding hydrogens is 156 g/mol. The lowest BCUT2D eigenvalue weighted by Crippen LogP contribution is -2.19. The molecule has 1 heterocycles. The van der Waals surface area contributed by atoms with Crippen LogP contribution in [0.2, 0.25) is 0 Å². The topological polar surface area (TPSA) is 85.3 Å². The number of hydrogen-bond acceptors (Lipinski definition) is 4. The van der Waals surface area contributed by atoms with Crippen molar-refractivity contribution in [2.75, 3.05) is 5.84 Å². The van der Waals surface area contributed by atoms with Gasteiger partial charge in [0.2, 0.25) is 0 Å². The normalized spacial score (nSPS) is 9.60. The average molecular weight is 160 g/mol. The molecule has 0 spiro atoms. The molecule has 1 rings (SSSR count). The predicted molar refractivity (Wildman–Crippen MR) is 35.7 cm³/mol. The Balaban J connectivity index is 3.23. The molecule has 10 heavy (non-hydrogen) atoms. The number of aromatic nitrogens is 1. The van der Waals surface area contributed by atoms with E-state index in [1.807, 2.05) is 0 Å². The molecule has 0 aliphatic rings. The first-order valence-corrected chi connectivity index (χ1v) is 3.14. The Morgan fingerprint density at radius 3 is 2.60 bits per heavy atom. The molecular formula is C4H4N2O3S. The summed E-state index contributed by atoms with van der Waals surface area (Å²) in [7, 11) is 0. The van der Waals surface area contributed by atoms with E-state index in [2.05, 4.69) is 0 Å². The van der Waals surface area contributed by atoms with Crippen LogP contribution in [0.4, 0.5) is 0 Å². The molecule has 5 nitrogen and oxygen atoms in total. The summed E-state index contributed by atoms with van der Waals surface area (Å²) in [6.07, 6.45) is 1.08. The van der Waals surface area contributed by atoms with Gasteiger partial charge in [-0.05, 0) is 0 Å². The zero-order valence-corrected chi connectivity index (χ0v) is 5.59. The average Bonchev–Trinajstić information content (AvgIpc) is 2.13. The fraction of sp³-hybridized carbons (Fsp3) is 0. The number of hydrogen-bond donors (Lipinski definition) is 2.